The molecule has 1 aromatic carbocycles. The average molecular weight is 540 g/mol. The number of aliphatic hydroxyl groups excluding tert-OH is 1. The van der Waals surface area contributed by atoms with Crippen LogP contribution >= 0.6 is 0 Å². The number of para-hydroxylation sites is 1. The molecule has 5 rings (SSSR count). The third kappa shape index (κ3) is 4.13. The summed E-state index contributed by atoms with van der Waals surface area (Å²) in [7, 11) is 0. The van der Waals surface area contributed by atoms with Crippen molar-refractivity contribution in [3.05, 3.63) is 36.9 Å². The predicted octanol–water partition coefficient (Wildman–Crippen LogP) is 1.75. The van der Waals surface area contributed by atoms with E-state index >= 15 is 0 Å². The Morgan fingerprint density at radius 3 is 2.82 bits per heavy atom. The smallest absolute Gasteiger partial charge is 0.312 e. The lowest BCUT2D eigenvalue weighted by Gasteiger charge is -2.37. The van der Waals surface area contributed by atoms with Crippen molar-refractivity contribution in [2.45, 2.75) is 63.9 Å². The molecule has 11 heteroatoms. The van der Waals surface area contributed by atoms with Crippen molar-refractivity contribution in [3.63, 3.8) is 0 Å². The number of benzene rings is 1. The number of carbonyl (C=O) groups is 3. The number of ether oxygens (including phenoxy) is 2. The first-order valence-corrected chi connectivity index (χ1v) is 13.7. The summed E-state index contributed by atoms with van der Waals surface area (Å²) in [4.78, 5) is 45.0. The molecule has 2 bridgehead atoms. The van der Waals surface area contributed by atoms with Crippen LogP contribution in [0, 0.1) is 17.8 Å². The van der Waals surface area contributed by atoms with Gasteiger partial charge in [-0.1, -0.05) is 30.3 Å². The summed E-state index contributed by atoms with van der Waals surface area (Å²) in [6.07, 6.45) is 3.11. The second kappa shape index (κ2) is 10.3. The van der Waals surface area contributed by atoms with E-state index in [1.54, 1.807) is 27.5 Å². The molecule has 3 aliphatic heterocycles. The fraction of sp³-hybridized carbons (Fsp3) is 0.607. The van der Waals surface area contributed by atoms with Crippen LogP contribution in [-0.2, 0) is 30.5 Å². The molecule has 0 radical (unpaired) electrons. The van der Waals surface area contributed by atoms with Crippen LogP contribution in [0.1, 0.15) is 40.0 Å². The number of esters is 1. The zero-order valence-electron chi connectivity index (χ0n) is 22.8. The summed E-state index contributed by atoms with van der Waals surface area (Å²) in [5, 5.41) is 17.8. The van der Waals surface area contributed by atoms with E-state index in [9.17, 15) is 19.5 Å². The van der Waals surface area contributed by atoms with Gasteiger partial charge in [0.25, 0.3) is 0 Å². The molecule has 2 amide bonds. The summed E-state index contributed by atoms with van der Waals surface area (Å²) >= 11 is 0. The van der Waals surface area contributed by atoms with Gasteiger partial charge in [-0.2, -0.15) is 0 Å². The number of carbonyl (C=O) groups excluding carboxylic acids is 3. The van der Waals surface area contributed by atoms with Crippen molar-refractivity contribution >= 4 is 28.8 Å². The van der Waals surface area contributed by atoms with E-state index in [0.29, 0.717) is 24.8 Å². The number of amides is 2. The number of unbranched alkanes of at least 4 members (excludes halogenated alkanes) is 1. The van der Waals surface area contributed by atoms with E-state index in [2.05, 4.69) is 16.9 Å². The molecule has 3 saturated heterocycles. The van der Waals surface area contributed by atoms with Crippen molar-refractivity contribution in [3.8, 4) is 0 Å². The lowest BCUT2D eigenvalue weighted by Crippen LogP contribution is -2.56. The SMILES string of the molecule is C=CCN(Cn1nnc2ccccc21)C(=O)C1N(CCCCO)C(=O)[C@@H]2[C@@H](C(=O)OCC)[C@]3(C)OC12CC3C. The summed E-state index contributed by atoms with van der Waals surface area (Å²) in [5.74, 6) is -2.74. The fourth-order valence-corrected chi connectivity index (χ4v) is 6.97. The van der Waals surface area contributed by atoms with E-state index in [1.807, 2.05) is 38.1 Å². The number of fused-ring (bicyclic) bond motifs is 2. The van der Waals surface area contributed by atoms with E-state index in [4.69, 9.17) is 9.47 Å². The summed E-state index contributed by atoms with van der Waals surface area (Å²) in [6.45, 7) is 10.2. The highest BCUT2D eigenvalue weighted by Gasteiger charge is 2.80. The molecule has 39 heavy (non-hydrogen) atoms. The molecular formula is C28H37N5O6. The van der Waals surface area contributed by atoms with Crippen molar-refractivity contribution in [1.29, 1.82) is 0 Å². The Morgan fingerprint density at radius 2 is 2.10 bits per heavy atom. The number of hydrogen-bond donors (Lipinski definition) is 1. The van der Waals surface area contributed by atoms with Crippen LogP contribution in [0.2, 0.25) is 0 Å². The monoisotopic (exact) mass is 539 g/mol. The van der Waals surface area contributed by atoms with Crippen LogP contribution in [0.3, 0.4) is 0 Å². The Balaban J connectivity index is 1.55. The van der Waals surface area contributed by atoms with Gasteiger partial charge in [0.1, 0.15) is 29.7 Å². The largest absolute Gasteiger partial charge is 0.466 e. The van der Waals surface area contributed by atoms with Crippen LogP contribution in [0.15, 0.2) is 36.9 Å². The second-order valence-corrected chi connectivity index (χ2v) is 11.0. The molecule has 3 unspecified atom stereocenters. The van der Waals surface area contributed by atoms with Gasteiger partial charge in [0.05, 0.1) is 23.6 Å². The Hall–Kier alpha value is -3.31. The lowest BCUT2D eigenvalue weighted by molar-refractivity contribution is -0.162. The molecule has 4 heterocycles. The Labute approximate surface area is 227 Å². The first-order chi connectivity index (χ1) is 18.7. The maximum absolute atomic E-state index is 14.5. The van der Waals surface area contributed by atoms with Crippen LogP contribution in [0.5, 0.6) is 0 Å². The minimum absolute atomic E-state index is 0.0196. The maximum Gasteiger partial charge on any atom is 0.312 e. The quantitative estimate of drug-likeness (QED) is 0.260. The first-order valence-electron chi connectivity index (χ1n) is 13.7. The minimum atomic E-state index is -1.16. The van der Waals surface area contributed by atoms with Gasteiger partial charge in [-0.15, -0.1) is 11.7 Å². The molecule has 2 aromatic rings. The van der Waals surface area contributed by atoms with E-state index in [-0.39, 0.29) is 50.7 Å². The molecule has 3 fully saturated rings. The maximum atomic E-state index is 14.5. The molecule has 1 N–H and O–H groups in total. The van der Waals surface area contributed by atoms with Gasteiger partial charge in [0.15, 0.2) is 0 Å². The van der Waals surface area contributed by atoms with Crippen molar-refractivity contribution in [2.24, 2.45) is 17.8 Å². The van der Waals surface area contributed by atoms with Gasteiger partial charge >= 0.3 is 5.97 Å². The normalized spacial score (nSPS) is 31.1. The first kappa shape index (κ1) is 27.3. The number of hydrogen-bond acceptors (Lipinski definition) is 8. The number of rotatable bonds is 11. The Kier molecular flexibility index (Phi) is 7.23. The summed E-state index contributed by atoms with van der Waals surface area (Å²) in [6, 6.07) is 6.55. The van der Waals surface area contributed by atoms with Crippen LogP contribution < -0.4 is 0 Å². The zero-order chi connectivity index (χ0) is 27.9. The van der Waals surface area contributed by atoms with Gasteiger partial charge < -0.3 is 24.4 Å². The van der Waals surface area contributed by atoms with E-state index in [0.717, 1.165) is 5.52 Å². The highest BCUT2D eigenvalue weighted by Crippen LogP contribution is 2.65. The zero-order valence-corrected chi connectivity index (χ0v) is 22.8. The van der Waals surface area contributed by atoms with Crippen molar-refractivity contribution in [1.82, 2.24) is 24.8 Å². The highest BCUT2D eigenvalue weighted by molar-refractivity contribution is 5.98. The van der Waals surface area contributed by atoms with Gasteiger partial charge in [0, 0.05) is 19.7 Å². The lowest BCUT2D eigenvalue weighted by atomic mass is 9.62. The number of aliphatic hydroxyl groups is 1. The third-order valence-corrected chi connectivity index (χ3v) is 8.78. The molecule has 3 aliphatic rings. The van der Waals surface area contributed by atoms with Crippen molar-refractivity contribution < 1.29 is 29.0 Å². The number of nitrogens with zero attached hydrogens (tertiary/aromatic N) is 5. The van der Waals surface area contributed by atoms with E-state index in [1.165, 1.54) is 0 Å². The molecule has 1 aromatic heterocycles. The summed E-state index contributed by atoms with van der Waals surface area (Å²) < 4.78 is 13.8. The molecule has 210 valence electrons. The topological polar surface area (TPSA) is 127 Å². The predicted molar refractivity (Wildman–Crippen MR) is 141 cm³/mol. The van der Waals surface area contributed by atoms with Gasteiger partial charge in [0.2, 0.25) is 11.8 Å². The molecule has 11 nitrogen and oxygen atoms in total. The molecule has 6 atom stereocenters. The number of likely N-dealkylation sites (tertiary alicyclic amines) is 1. The standard InChI is InChI=1S/C28H37N5O6/c1-5-13-31(17-33-20-12-8-7-11-19(20)29-30-33)25(36)23-28-16-18(3)27(4,39-28)22(26(37)38-6-2)21(28)24(35)32(23)14-9-10-15-34/h5,7-8,11-12,18,21-23,34H,1,6,9-10,13-17H2,2-4H3/t18?,21-,22-,23?,27+,28?/m0/s1. The molecule has 0 aliphatic carbocycles. The van der Waals surface area contributed by atoms with E-state index < -0.39 is 35.0 Å². The van der Waals surface area contributed by atoms with Crippen LogP contribution in [0.25, 0.3) is 11.0 Å². The van der Waals surface area contributed by atoms with Crippen LogP contribution in [0.4, 0.5) is 0 Å². The molecule has 1 spiro atoms. The molecular weight excluding hydrogens is 502 g/mol. The molecule has 0 saturated carbocycles. The minimum Gasteiger partial charge on any atom is -0.466 e. The fourth-order valence-electron chi connectivity index (χ4n) is 6.97. The number of aromatic nitrogens is 3. The second-order valence-electron chi connectivity index (χ2n) is 11.0. The van der Waals surface area contributed by atoms with Gasteiger partial charge in [-0.05, 0) is 51.2 Å². The average Bonchev–Trinajstić information content (AvgIpc) is 3.58. The van der Waals surface area contributed by atoms with Gasteiger partial charge in [-0.25, -0.2) is 4.68 Å². The van der Waals surface area contributed by atoms with Crippen molar-refractivity contribution in [2.75, 3.05) is 26.3 Å². The third-order valence-electron chi connectivity index (χ3n) is 8.78. The van der Waals surface area contributed by atoms with Crippen LogP contribution in [-0.4, -0.2) is 91.2 Å². The van der Waals surface area contributed by atoms with Gasteiger partial charge in [-0.3, -0.25) is 14.4 Å². The highest BCUT2D eigenvalue weighted by atomic mass is 16.6. The summed E-state index contributed by atoms with van der Waals surface area (Å²) in [5.41, 5.74) is -0.601. The Bertz CT molecular complexity index is 1280. The Morgan fingerprint density at radius 1 is 1.33 bits per heavy atom.